The molecule has 1 aromatic heterocycles. The first-order valence-electron chi connectivity index (χ1n) is 7.56. The minimum absolute atomic E-state index is 0.0499. The van der Waals surface area contributed by atoms with Crippen LogP contribution in [0.5, 0.6) is 5.75 Å². The predicted molar refractivity (Wildman–Crippen MR) is 104 cm³/mol. The molecular formula is C17H15BrClN5O2. The molecule has 1 amide bonds. The summed E-state index contributed by atoms with van der Waals surface area (Å²) in [6.07, 6.45) is 0. The van der Waals surface area contributed by atoms with Gasteiger partial charge in [0.15, 0.2) is 11.5 Å². The standard InChI is InChI=1S/C17H15BrClN5O2/c1-26-14-7-2-11(18)8-10(14)9-24-16(20)15(22-23-24)17(25)21-13-5-3-12(19)4-6-13/h2-8H,9,20H2,1H3,(H,21,25). The van der Waals surface area contributed by atoms with Gasteiger partial charge in [-0.3, -0.25) is 4.79 Å². The highest BCUT2D eigenvalue weighted by molar-refractivity contribution is 9.10. The van der Waals surface area contributed by atoms with E-state index in [0.29, 0.717) is 23.0 Å². The van der Waals surface area contributed by atoms with Gasteiger partial charge in [-0.2, -0.15) is 0 Å². The summed E-state index contributed by atoms with van der Waals surface area (Å²) in [5.41, 5.74) is 7.55. The highest BCUT2D eigenvalue weighted by Crippen LogP contribution is 2.25. The SMILES string of the molecule is COc1ccc(Br)cc1Cn1nnc(C(=O)Nc2ccc(Cl)cc2)c1N. The number of nitrogens with two attached hydrogens (primary N) is 1. The smallest absolute Gasteiger partial charge is 0.280 e. The Kier molecular flexibility index (Phi) is 5.43. The molecule has 0 spiro atoms. The second-order valence-corrected chi connectivity index (χ2v) is 6.75. The summed E-state index contributed by atoms with van der Waals surface area (Å²) < 4.78 is 7.68. The zero-order chi connectivity index (χ0) is 18.7. The van der Waals surface area contributed by atoms with Crippen LogP contribution >= 0.6 is 27.5 Å². The van der Waals surface area contributed by atoms with Gasteiger partial charge in [0.05, 0.1) is 13.7 Å². The molecule has 3 aromatic rings. The van der Waals surface area contributed by atoms with Gasteiger partial charge >= 0.3 is 0 Å². The quantitative estimate of drug-likeness (QED) is 0.637. The summed E-state index contributed by atoms with van der Waals surface area (Å²) in [7, 11) is 1.59. The van der Waals surface area contributed by atoms with Gasteiger partial charge in [0.1, 0.15) is 5.75 Å². The van der Waals surface area contributed by atoms with Crippen molar-refractivity contribution in [3.8, 4) is 5.75 Å². The molecular weight excluding hydrogens is 422 g/mol. The first kappa shape index (κ1) is 18.2. The summed E-state index contributed by atoms with van der Waals surface area (Å²) in [6, 6.07) is 12.3. The molecule has 3 N–H and O–H groups in total. The summed E-state index contributed by atoms with van der Waals surface area (Å²) in [6.45, 7) is 0.315. The van der Waals surface area contributed by atoms with E-state index in [1.807, 2.05) is 18.2 Å². The minimum Gasteiger partial charge on any atom is -0.496 e. The molecule has 0 radical (unpaired) electrons. The zero-order valence-corrected chi connectivity index (χ0v) is 16.1. The molecule has 0 saturated heterocycles. The fourth-order valence-corrected chi connectivity index (χ4v) is 2.89. The van der Waals surface area contributed by atoms with Crippen LogP contribution in [0.1, 0.15) is 16.1 Å². The van der Waals surface area contributed by atoms with Crippen LogP contribution in [-0.4, -0.2) is 28.0 Å². The van der Waals surface area contributed by atoms with E-state index in [-0.39, 0.29) is 11.5 Å². The molecule has 0 unspecified atom stereocenters. The lowest BCUT2D eigenvalue weighted by atomic mass is 10.2. The summed E-state index contributed by atoms with van der Waals surface area (Å²) in [5.74, 6) is 0.408. The van der Waals surface area contributed by atoms with E-state index in [2.05, 4.69) is 31.6 Å². The Morgan fingerprint density at radius 3 is 2.73 bits per heavy atom. The van der Waals surface area contributed by atoms with Crippen molar-refractivity contribution >= 4 is 44.9 Å². The third-order valence-corrected chi connectivity index (χ3v) is 4.40. The van der Waals surface area contributed by atoms with Crippen molar-refractivity contribution in [2.75, 3.05) is 18.2 Å². The predicted octanol–water partition coefficient (Wildman–Crippen LogP) is 3.59. The van der Waals surface area contributed by atoms with Crippen LogP contribution in [0.25, 0.3) is 0 Å². The third-order valence-electron chi connectivity index (χ3n) is 3.65. The average Bonchev–Trinajstić information content (AvgIpc) is 2.98. The molecule has 0 saturated carbocycles. The van der Waals surface area contributed by atoms with Gasteiger partial charge in [-0.15, -0.1) is 5.10 Å². The summed E-state index contributed by atoms with van der Waals surface area (Å²) >= 11 is 9.26. The average molecular weight is 437 g/mol. The maximum atomic E-state index is 12.4. The lowest BCUT2D eigenvalue weighted by Gasteiger charge is -2.10. The molecule has 0 aliphatic heterocycles. The van der Waals surface area contributed by atoms with Crippen LogP contribution in [0.15, 0.2) is 46.9 Å². The van der Waals surface area contributed by atoms with Crippen LogP contribution in [0.4, 0.5) is 11.5 Å². The molecule has 0 atom stereocenters. The Labute approximate surface area is 163 Å². The van der Waals surface area contributed by atoms with Crippen molar-refractivity contribution in [2.45, 2.75) is 6.54 Å². The van der Waals surface area contributed by atoms with E-state index >= 15 is 0 Å². The van der Waals surface area contributed by atoms with Crippen molar-refractivity contribution in [1.82, 2.24) is 15.0 Å². The fraction of sp³-hybridized carbons (Fsp3) is 0.118. The zero-order valence-electron chi connectivity index (χ0n) is 13.7. The molecule has 3 rings (SSSR count). The summed E-state index contributed by atoms with van der Waals surface area (Å²) in [5, 5.41) is 11.2. The van der Waals surface area contributed by atoms with E-state index < -0.39 is 5.91 Å². The van der Waals surface area contributed by atoms with E-state index in [0.717, 1.165) is 10.0 Å². The largest absolute Gasteiger partial charge is 0.496 e. The molecule has 26 heavy (non-hydrogen) atoms. The number of rotatable bonds is 5. The van der Waals surface area contributed by atoms with Gasteiger partial charge in [-0.05, 0) is 42.5 Å². The normalized spacial score (nSPS) is 10.6. The Hall–Kier alpha value is -2.58. The third kappa shape index (κ3) is 3.97. The number of nitrogens with zero attached hydrogens (tertiary/aromatic N) is 3. The molecule has 1 heterocycles. The molecule has 0 fully saturated rings. The Balaban J connectivity index is 1.80. The van der Waals surface area contributed by atoms with E-state index in [1.165, 1.54) is 4.68 Å². The monoisotopic (exact) mass is 435 g/mol. The van der Waals surface area contributed by atoms with Gasteiger partial charge in [0.25, 0.3) is 5.91 Å². The number of carbonyl (C=O) groups is 1. The van der Waals surface area contributed by atoms with Crippen LogP contribution in [0.3, 0.4) is 0 Å². The first-order chi connectivity index (χ1) is 12.5. The Bertz CT molecular complexity index is 943. The van der Waals surface area contributed by atoms with Crippen molar-refractivity contribution in [3.63, 3.8) is 0 Å². The van der Waals surface area contributed by atoms with E-state index in [4.69, 9.17) is 22.1 Å². The van der Waals surface area contributed by atoms with Gasteiger partial charge in [-0.1, -0.05) is 32.7 Å². The number of carbonyl (C=O) groups excluding carboxylic acids is 1. The fourth-order valence-electron chi connectivity index (χ4n) is 2.35. The van der Waals surface area contributed by atoms with Gasteiger partial charge < -0.3 is 15.8 Å². The number of benzene rings is 2. The van der Waals surface area contributed by atoms with Gasteiger partial charge in [0, 0.05) is 20.7 Å². The molecule has 0 bridgehead atoms. The molecule has 134 valence electrons. The summed E-state index contributed by atoms with van der Waals surface area (Å²) in [4.78, 5) is 12.4. The van der Waals surface area contributed by atoms with Crippen molar-refractivity contribution in [3.05, 3.63) is 63.2 Å². The number of nitrogen functional groups attached to an aromatic ring is 1. The van der Waals surface area contributed by atoms with E-state index in [1.54, 1.807) is 31.4 Å². The van der Waals surface area contributed by atoms with Crippen LogP contribution in [0.2, 0.25) is 5.02 Å². The molecule has 2 aromatic carbocycles. The number of anilines is 2. The van der Waals surface area contributed by atoms with Crippen LogP contribution in [0, 0.1) is 0 Å². The van der Waals surface area contributed by atoms with Gasteiger partial charge in [0.2, 0.25) is 0 Å². The minimum atomic E-state index is -0.447. The molecule has 7 nitrogen and oxygen atoms in total. The van der Waals surface area contributed by atoms with Crippen molar-refractivity contribution < 1.29 is 9.53 Å². The number of methoxy groups -OCH3 is 1. The lowest BCUT2D eigenvalue weighted by Crippen LogP contribution is -2.15. The highest BCUT2D eigenvalue weighted by Gasteiger charge is 2.18. The van der Waals surface area contributed by atoms with Crippen LogP contribution < -0.4 is 15.8 Å². The number of amides is 1. The highest BCUT2D eigenvalue weighted by atomic mass is 79.9. The van der Waals surface area contributed by atoms with Crippen LogP contribution in [-0.2, 0) is 6.54 Å². The maximum Gasteiger partial charge on any atom is 0.280 e. The number of nitrogens with one attached hydrogen (secondary N) is 1. The van der Waals surface area contributed by atoms with Gasteiger partial charge in [-0.25, -0.2) is 4.68 Å². The Morgan fingerprint density at radius 1 is 1.31 bits per heavy atom. The Morgan fingerprint density at radius 2 is 2.04 bits per heavy atom. The number of halogens is 2. The lowest BCUT2D eigenvalue weighted by molar-refractivity contribution is 0.102. The maximum absolute atomic E-state index is 12.4. The van der Waals surface area contributed by atoms with Crippen molar-refractivity contribution in [2.24, 2.45) is 0 Å². The second-order valence-electron chi connectivity index (χ2n) is 5.40. The number of hydrogen-bond acceptors (Lipinski definition) is 5. The van der Waals surface area contributed by atoms with E-state index in [9.17, 15) is 4.79 Å². The second kappa shape index (κ2) is 7.76. The number of aromatic nitrogens is 3. The molecule has 0 aliphatic rings. The van der Waals surface area contributed by atoms with Crippen molar-refractivity contribution in [1.29, 1.82) is 0 Å². The number of hydrogen-bond donors (Lipinski definition) is 2. The topological polar surface area (TPSA) is 95.1 Å². The first-order valence-corrected chi connectivity index (χ1v) is 8.73. The number of ether oxygens (including phenoxy) is 1. The molecule has 0 aliphatic carbocycles. The molecule has 9 heteroatoms.